The third-order valence-electron chi connectivity index (χ3n) is 4.71. The highest BCUT2D eigenvalue weighted by molar-refractivity contribution is 6.30. The summed E-state index contributed by atoms with van der Waals surface area (Å²) >= 11 is 5.94. The van der Waals surface area contributed by atoms with Crippen LogP contribution >= 0.6 is 11.6 Å². The second kappa shape index (κ2) is 8.22. The molecular weight excluding hydrogens is 360 g/mol. The van der Waals surface area contributed by atoms with E-state index in [1.165, 1.54) is 0 Å². The molecular formula is C22H27ClN2O2. The number of nitrogens with one attached hydrogen (secondary N) is 1. The Balaban J connectivity index is 1.62. The van der Waals surface area contributed by atoms with E-state index in [0.29, 0.717) is 11.1 Å². The van der Waals surface area contributed by atoms with Gasteiger partial charge in [-0.2, -0.15) is 0 Å². The third-order valence-corrected chi connectivity index (χ3v) is 4.96. The predicted octanol–water partition coefficient (Wildman–Crippen LogP) is 5.58. The lowest BCUT2D eigenvalue weighted by Crippen LogP contribution is -2.46. The lowest BCUT2D eigenvalue weighted by atomic mass is 9.93. The summed E-state index contributed by atoms with van der Waals surface area (Å²) in [7, 11) is 0. The molecule has 1 amide bonds. The van der Waals surface area contributed by atoms with Crippen LogP contribution in [0.25, 0.3) is 0 Å². The Labute approximate surface area is 166 Å². The zero-order valence-electron chi connectivity index (χ0n) is 16.2. The molecule has 0 spiro atoms. The zero-order chi connectivity index (χ0) is 19.4. The van der Waals surface area contributed by atoms with Gasteiger partial charge in [0.25, 0.3) is 0 Å². The largest absolute Gasteiger partial charge is 0.455 e. The van der Waals surface area contributed by atoms with Crippen LogP contribution in [0.3, 0.4) is 0 Å². The standard InChI is InChI=1S/C22H27ClN2O2/c1-22(2,3)21(26)25-14-12-17(13-15-25)24-19-6-4-5-7-20(19)27-18-10-8-16(23)9-11-18/h4-11,17,24H,12-15H2,1-3H3. The van der Waals surface area contributed by atoms with Crippen molar-refractivity contribution >= 4 is 23.2 Å². The van der Waals surface area contributed by atoms with E-state index < -0.39 is 0 Å². The van der Waals surface area contributed by atoms with E-state index in [1.807, 2.05) is 74.2 Å². The predicted molar refractivity (Wildman–Crippen MR) is 111 cm³/mol. The van der Waals surface area contributed by atoms with Gasteiger partial charge in [0.15, 0.2) is 5.75 Å². The molecule has 0 saturated carbocycles. The molecule has 1 aliphatic heterocycles. The molecule has 2 aromatic carbocycles. The second-order valence-corrected chi connectivity index (χ2v) is 8.45. The van der Waals surface area contributed by atoms with Gasteiger partial charge in [-0.3, -0.25) is 4.79 Å². The summed E-state index contributed by atoms with van der Waals surface area (Å²) in [6, 6.07) is 15.6. The first-order valence-electron chi connectivity index (χ1n) is 9.41. The van der Waals surface area contributed by atoms with E-state index in [9.17, 15) is 4.79 Å². The van der Waals surface area contributed by atoms with Gasteiger partial charge in [0, 0.05) is 29.6 Å². The SMILES string of the molecule is CC(C)(C)C(=O)N1CCC(Nc2ccccc2Oc2ccc(Cl)cc2)CC1. The molecule has 0 unspecified atom stereocenters. The third kappa shape index (κ3) is 5.16. The Morgan fingerprint density at radius 2 is 1.70 bits per heavy atom. The summed E-state index contributed by atoms with van der Waals surface area (Å²) in [6.07, 6.45) is 1.86. The van der Waals surface area contributed by atoms with Gasteiger partial charge in [0.2, 0.25) is 5.91 Å². The number of hydrogen-bond donors (Lipinski definition) is 1. The molecule has 0 aliphatic carbocycles. The van der Waals surface area contributed by atoms with E-state index in [-0.39, 0.29) is 11.3 Å². The summed E-state index contributed by atoms with van der Waals surface area (Å²) in [5.74, 6) is 1.76. The number of carbonyl (C=O) groups excluding carboxylic acids is 1. The highest BCUT2D eigenvalue weighted by Gasteiger charge is 2.30. The number of rotatable bonds is 4. The number of likely N-dealkylation sites (tertiary alicyclic amines) is 1. The van der Waals surface area contributed by atoms with Gasteiger partial charge in [-0.15, -0.1) is 0 Å². The number of ether oxygens (including phenoxy) is 1. The van der Waals surface area contributed by atoms with Crippen LogP contribution in [0.15, 0.2) is 48.5 Å². The van der Waals surface area contributed by atoms with E-state index >= 15 is 0 Å². The van der Waals surface area contributed by atoms with Crippen molar-refractivity contribution in [2.75, 3.05) is 18.4 Å². The Kier molecular flexibility index (Phi) is 5.95. The van der Waals surface area contributed by atoms with Gasteiger partial charge < -0.3 is 15.0 Å². The molecule has 144 valence electrons. The molecule has 0 atom stereocenters. The summed E-state index contributed by atoms with van der Waals surface area (Å²) in [6.45, 7) is 7.50. The fourth-order valence-electron chi connectivity index (χ4n) is 3.23. The van der Waals surface area contributed by atoms with E-state index in [1.54, 1.807) is 0 Å². The summed E-state index contributed by atoms with van der Waals surface area (Å²) in [5.41, 5.74) is 0.646. The van der Waals surface area contributed by atoms with Crippen LogP contribution in [-0.4, -0.2) is 29.9 Å². The average Bonchev–Trinajstić information content (AvgIpc) is 2.64. The lowest BCUT2D eigenvalue weighted by Gasteiger charge is -2.36. The lowest BCUT2D eigenvalue weighted by molar-refractivity contribution is -0.140. The van der Waals surface area contributed by atoms with Crippen LogP contribution in [0.1, 0.15) is 33.6 Å². The molecule has 4 nitrogen and oxygen atoms in total. The van der Waals surface area contributed by atoms with E-state index in [0.717, 1.165) is 43.1 Å². The normalized spacial score (nSPS) is 15.5. The highest BCUT2D eigenvalue weighted by Crippen LogP contribution is 2.31. The first kappa shape index (κ1) is 19.6. The van der Waals surface area contributed by atoms with Crippen LogP contribution < -0.4 is 10.1 Å². The molecule has 1 aliphatic rings. The van der Waals surface area contributed by atoms with Crippen molar-refractivity contribution in [3.8, 4) is 11.5 Å². The molecule has 3 rings (SSSR count). The minimum atomic E-state index is -0.320. The topological polar surface area (TPSA) is 41.6 Å². The van der Waals surface area contributed by atoms with Gasteiger partial charge in [0.1, 0.15) is 5.75 Å². The van der Waals surface area contributed by atoms with E-state index in [2.05, 4.69) is 5.32 Å². The first-order chi connectivity index (χ1) is 12.8. The minimum absolute atomic E-state index is 0.229. The average molecular weight is 387 g/mol. The highest BCUT2D eigenvalue weighted by atomic mass is 35.5. The van der Waals surface area contributed by atoms with Gasteiger partial charge in [-0.05, 0) is 49.2 Å². The smallest absolute Gasteiger partial charge is 0.227 e. The Morgan fingerprint density at radius 1 is 1.07 bits per heavy atom. The maximum atomic E-state index is 12.4. The number of anilines is 1. The fraction of sp³-hybridized carbons (Fsp3) is 0.409. The van der Waals surface area contributed by atoms with Crippen molar-refractivity contribution in [1.82, 2.24) is 4.90 Å². The molecule has 0 radical (unpaired) electrons. The maximum absolute atomic E-state index is 12.4. The van der Waals surface area contributed by atoms with Gasteiger partial charge in [0.05, 0.1) is 5.69 Å². The monoisotopic (exact) mass is 386 g/mol. The number of carbonyl (C=O) groups is 1. The number of hydrogen-bond acceptors (Lipinski definition) is 3. The summed E-state index contributed by atoms with van der Waals surface area (Å²) in [4.78, 5) is 14.4. The zero-order valence-corrected chi connectivity index (χ0v) is 16.9. The van der Waals surface area contributed by atoms with Crippen molar-refractivity contribution in [2.24, 2.45) is 5.41 Å². The Bertz CT molecular complexity index is 776. The molecule has 0 aromatic heterocycles. The number of nitrogens with zero attached hydrogens (tertiary/aromatic N) is 1. The van der Waals surface area contributed by atoms with Crippen molar-refractivity contribution < 1.29 is 9.53 Å². The molecule has 27 heavy (non-hydrogen) atoms. The molecule has 1 N–H and O–H groups in total. The van der Waals surface area contributed by atoms with Gasteiger partial charge in [-0.25, -0.2) is 0 Å². The molecule has 1 fully saturated rings. The van der Waals surface area contributed by atoms with Crippen LogP contribution in [0.2, 0.25) is 5.02 Å². The summed E-state index contributed by atoms with van der Waals surface area (Å²) in [5, 5.41) is 4.28. The number of para-hydroxylation sites is 2. The van der Waals surface area contributed by atoms with Gasteiger partial charge >= 0.3 is 0 Å². The fourth-order valence-corrected chi connectivity index (χ4v) is 3.35. The Morgan fingerprint density at radius 3 is 2.33 bits per heavy atom. The van der Waals surface area contributed by atoms with Crippen LogP contribution in [-0.2, 0) is 4.79 Å². The molecule has 0 bridgehead atoms. The summed E-state index contributed by atoms with van der Waals surface area (Å²) < 4.78 is 6.02. The second-order valence-electron chi connectivity index (χ2n) is 8.01. The van der Waals surface area contributed by atoms with Crippen LogP contribution in [0.4, 0.5) is 5.69 Å². The van der Waals surface area contributed by atoms with Crippen molar-refractivity contribution in [3.63, 3.8) is 0 Å². The number of halogens is 1. The Hall–Kier alpha value is -2.20. The van der Waals surface area contributed by atoms with Crippen molar-refractivity contribution in [2.45, 2.75) is 39.7 Å². The van der Waals surface area contributed by atoms with Crippen molar-refractivity contribution in [1.29, 1.82) is 0 Å². The van der Waals surface area contributed by atoms with Crippen LogP contribution in [0, 0.1) is 5.41 Å². The molecule has 1 heterocycles. The minimum Gasteiger partial charge on any atom is -0.455 e. The number of piperidine rings is 1. The molecule has 2 aromatic rings. The van der Waals surface area contributed by atoms with E-state index in [4.69, 9.17) is 16.3 Å². The van der Waals surface area contributed by atoms with Crippen molar-refractivity contribution in [3.05, 3.63) is 53.6 Å². The number of amides is 1. The van der Waals surface area contributed by atoms with Crippen LogP contribution in [0.5, 0.6) is 11.5 Å². The quantitative estimate of drug-likeness (QED) is 0.745. The maximum Gasteiger partial charge on any atom is 0.227 e. The van der Waals surface area contributed by atoms with Gasteiger partial charge in [-0.1, -0.05) is 44.5 Å². The number of benzene rings is 2. The molecule has 1 saturated heterocycles. The molecule has 5 heteroatoms. The first-order valence-corrected chi connectivity index (χ1v) is 9.79.